The summed E-state index contributed by atoms with van der Waals surface area (Å²) in [4.78, 5) is 11.2. The first-order valence-electron chi connectivity index (χ1n) is 8.53. The molecule has 1 N–H and O–H groups in total. The minimum absolute atomic E-state index is 0.121. The van der Waals surface area contributed by atoms with Crippen molar-refractivity contribution in [3.05, 3.63) is 54.1 Å². The molecule has 0 spiro atoms. The summed E-state index contributed by atoms with van der Waals surface area (Å²) < 4.78 is 17.1. The fourth-order valence-corrected chi connectivity index (χ4v) is 2.69. The van der Waals surface area contributed by atoms with Crippen LogP contribution in [0.25, 0.3) is 0 Å². The van der Waals surface area contributed by atoms with Crippen LogP contribution in [0.2, 0.25) is 0 Å². The molecule has 0 aliphatic carbocycles. The number of ether oxygens (including phenoxy) is 3. The molecule has 1 atom stereocenters. The Labute approximate surface area is 147 Å². The van der Waals surface area contributed by atoms with Crippen LogP contribution in [0, 0.1) is 0 Å². The highest BCUT2D eigenvalue weighted by Gasteiger charge is 2.15. The highest BCUT2D eigenvalue weighted by Crippen LogP contribution is 2.25. The average Bonchev–Trinajstić information content (AvgIpc) is 3.13. The number of nitrogens with one attached hydrogen (secondary N) is 1. The number of hydrogen-bond donors (Lipinski definition) is 1. The molecule has 0 saturated carbocycles. The fourth-order valence-electron chi connectivity index (χ4n) is 2.69. The third-order valence-corrected chi connectivity index (χ3v) is 3.98. The van der Waals surface area contributed by atoms with Gasteiger partial charge in [0, 0.05) is 13.5 Å². The van der Waals surface area contributed by atoms with Crippen molar-refractivity contribution >= 4 is 11.6 Å². The van der Waals surface area contributed by atoms with Crippen molar-refractivity contribution < 1.29 is 19.0 Å². The number of benzene rings is 2. The fraction of sp³-hybridized carbons (Fsp3) is 0.350. The molecule has 0 unspecified atom stereocenters. The standard InChI is InChI=1S/C20H23NO4/c1-15(22)21-19-6-2-3-7-20(19)25-13-16-8-10-17(11-9-16)24-14-18-5-4-12-23-18/h2-3,6-11,18H,4-5,12-14H2,1H3,(H,21,22)/t18-/m1/s1. The predicted octanol–water partition coefficient (Wildman–Crippen LogP) is 3.78. The summed E-state index contributed by atoms with van der Waals surface area (Å²) in [5.74, 6) is 1.36. The van der Waals surface area contributed by atoms with Crippen LogP contribution in [0.1, 0.15) is 25.3 Å². The SMILES string of the molecule is CC(=O)Nc1ccccc1OCc1ccc(OC[C@H]2CCCO2)cc1. The second-order valence-corrected chi connectivity index (χ2v) is 6.06. The smallest absolute Gasteiger partial charge is 0.221 e. The van der Waals surface area contributed by atoms with Crippen molar-refractivity contribution in [1.29, 1.82) is 0 Å². The highest BCUT2D eigenvalue weighted by atomic mass is 16.5. The molecule has 25 heavy (non-hydrogen) atoms. The van der Waals surface area contributed by atoms with Crippen molar-refractivity contribution in [2.45, 2.75) is 32.5 Å². The van der Waals surface area contributed by atoms with Crippen molar-refractivity contribution in [1.82, 2.24) is 0 Å². The molecule has 1 fully saturated rings. The van der Waals surface area contributed by atoms with E-state index >= 15 is 0 Å². The van der Waals surface area contributed by atoms with Crippen LogP contribution in [-0.4, -0.2) is 25.2 Å². The monoisotopic (exact) mass is 341 g/mol. The van der Waals surface area contributed by atoms with Gasteiger partial charge in [0.05, 0.1) is 11.8 Å². The van der Waals surface area contributed by atoms with Gasteiger partial charge >= 0.3 is 0 Å². The molecule has 1 aliphatic rings. The maximum absolute atomic E-state index is 11.2. The molecule has 132 valence electrons. The van der Waals surface area contributed by atoms with Gasteiger partial charge in [-0.05, 0) is 42.7 Å². The molecule has 5 heteroatoms. The zero-order valence-corrected chi connectivity index (χ0v) is 14.4. The van der Waals surface area contributed by atoms with E-state index < -0.39 is 0 Å². The Hall–Kier alpha value is -2.53. The van der Waals surface area contributed by atoms with Gasteiger partial charge in [0.1, 0.15) is 24.7 Å². The topological polar surface area (TPSA) is 56.8 Å². The van der Waals surface area contributed by atoms with Crippen molar-refractivity contribution in [3.8, 4) is 11.5 Å². The maximum Gasteiger partial charge on any atom is 0.221 e. The molecular weight excluding hydrogens is 318 g/mol. The van der Waals surface area contributed by atoms with Crippen LogP contribution >= 0.6 is 0 Å². The third kappa shape index (κ3) is 5.22. The van der Waals surface area contributed by atoms with E-state index in [9.17, 15) is 4.79 Å². The number of rotatable bonds is 7. The Morgan fingerprint density at radius 2 is 1.96 bits per heavy atom. The van der Waals surface area contributed by atoms with E-state index in [1.54, 1.807) is 0 Å². The molecule has 5 nitrogen and oxygen atoms in total. The maximum atomic E-state index is 11.2. The summed E-state index contributed by atoms with van der Waals surface area (Å²) >= 11 is 0. The molecule has 1 heterocycles. The lowest BCUT2D eigenvalue weighted by molar-refractivity contribution is -0.114. The van der Waals surface area contributed by atoms with Crippen LogP contribution in [0.3, 0.4) is 0 Å². The Balaban J connectivity index is 1.52. The normalized spacial score (nSPS) is 16.4. The summed E-state index contributed by atoms with van der Waals surface area (Å²) in [5.41, 5.74) is 1.70. The number of carbonyl (C=O) groups excluding carboxylic acids is 1. The van der Waals surface area contributed by atoms with Crippen LogP contribution < -0.4 is 14.8 Å². The van der Waals surface area contributed by atoms with Gasteiger partial charge in [0.15, 0.2) is 0 Å². The van der Waals surface area contributed by atoms with Crippen molar-refractivity contribution in [2.24, 2.45) is 0 Å². The lowest BCUT2D eigenvalue weighted by Gasteiger charge is -2.13. The number of para-hydroxylation sites is 2. The second kappa shape index (κ2) is 8.53. The molecule has 1 aliphatic heterocycles. The van der Waals surface area contributed by atoms with Crippen molar-refractivity contribution in [2.75, 3.05) is 18.5 Å². The van der Waals surface area contributed by atoms with Gasteiger partial charge < -0.3 is 19.5 Å². The first-order chi connectivity index (χ1) is 12.2. The Kier molecular flexibility index (Phi) is 5.90. The van der Waals surface area contributed by atoms with Crippen LogP contribution in [0.5, 0.6) is 11.5 Å². The lowest BCUT2D eigenvalue weighted by atomic mass is 10.2. The molecule has 0 bridgehead atoms. The van der Waals surface area contributed by atoms with E-state index in [0.29, 0.717) is 24.7 Å². The van der Waals surface area contributed by atoms with Gasteiger partial charge in [-0.1, -0.05) is 24.3 Å². The van der Waals surface area contributed by atoms with Gasteiger partial charge in [-0.2, -0.15) is 0 Å². The molecule has 0 radical (unpaired) electrons. The Morgan fingerprint density at radius 3 is 2.68 bits per heavy atom. The Bertz CT molecular complexity index is 693. The predicted molar refractivity (Wildman–Crippen MR) is 96.0 cm³/mol. The van der Waals surface area contributed by atoms with Crippen LogP contribution in [0.4, 0.5) is 5.69 Å². The van der Waals surface area contributed by atoms with Gasteiger partial charge in [0.2, 0.25) is 5.91 Å². The number of amides is 1. The van der Waals surface area contributed by atoms with E-state index in [2.05, 4.69) is 5.32 Å². The number of hydrogen-bond acceptors (Lipinski definition) is 4. The molecule has 2 aromatic carbocycles. The average molecular weight is 341 g/mol. The Morgan fingerprint density at radius 1 is 1.16 bits per heavy atom. The first-order valence-corrected chi connectivity index (χ1v) is 8.53. The largest absolute Gasteiger partial charge is 0.491 e. The van der Waals surface area contributed by atoms with Crippen LogP contribution in [-0.2, 0) is 16.1 Å². The molecule has 3 rings (SSSR count). The minimum Gasteiger partial charge on any atom is -0.491 e. The molecular formula is C20H23NO4. The molecule has 1 amide bonds. The van der Waals surface area contributed by atoms with E-state index in [1.807, 2.05) is 48.5 Å². The van der Waals surface area contributed by atoms with Gasteiger partial charge in [-0.25, -0.2) is 0 Å². The quantitative estimate of drug-likeness (QED) is 0.833. The summed E-state index contributed by atoms with van der Waals surface area (Å²) in [6.45, 7) is 3.33. The summed E-state index contributed by atoms with van der Waals surface area (Å²) in [7, 11) is 0. The highest BCUT2D eigenvalue weighted by molar-refractivity contribution is 5.90. The zero-order chi connectivity index (χ0) is 17.5. The third-order valence-electron chi connectivity index (χ3n) is 3.98. The lowest BCUT2D eigenvalue weighted by Crippen LogP contribution is -2.16. The first kappa shape index (κ1) is 17.3. The second-order valence-electron chi connectivity index (χ2n) is 6.06. The zero-order valence-electron chi connectivity index (χ0n) is 14.4. The van der Waals surface area contributed by atoms with Gasteiger partial charge in [0.25, 0.3) is 0 Å². The van der Waals surface area contributed by atoms with Gasteiger partial charge in [-0.15, -0.1) is 0 Å². The molecule has 1 saturated heterocycles. The van der Waals surface area contributed by atoms with E-state index in [4.69, 9.17) is 14.2 Å². The number of anilines is 1. The van der Waals surface area contributed by atoms with E-state index in [-0.39, 0.29) is 12.0 Å². The minimum atomic E-state index is -0.121. The van der Waals surface area contributed by atoms with E-state index in [0.717, 1.165) is 30.8 Å². The summed E-state index contributed by atoms with van der Waals surface area (Å²) in [5, 5.41) is 2.77. The molecule has 2 aromatic rings. The molecule has 0 aromatic heterocycles. The summed E-state index contributed by atoms with van der Waals surface area (Å²) in [6.07, 6.45) is 2.40. The number of carbonyl (C=O) groups is 1. The van der Waals surface area contributed by atoms with Crippen molar-refractivity contribution in [3.63, 3.8) is 0 Å². The summed E-state index contributed by atoms with van der Waals surface area (Å²) in [6, 6.07) is 15.2. The van der Waals surface area contributed by atoms with E-state index in [1.165, 1.54) is 6.92 Å². The van der Waals surface area contributed by atoms with Crippen LogP contribution in [0.15, 0.2) is 48.5 Å². The van der Waals surface area contributed by atoms with Gasteiger partial charge in [-0.3, -0.25) is 4.79 Å².